The molecule has 5 nitrogen and oxygen atoms in total. The van der Waals surface area contributed by atoms with Crippen LogP contribution in [0, 0.1) is 0 Å². The van der Waals surface area contributed by atoms with Gasteiger partial charge in [-0.15, -0.1) is 0 Å². The van der Waals surface area contributed by atoms with Crippen molar-refractivity contribution in [1.29, 1.82) is 0 Å². The van der Waals surface area contributed by atoms with Gasteiger partial charge >= 0.3 is 0 Å². The number of para-hydroxylation sites is 1. The molecule has 4 rings (SSSR count). The van der Waals surface area contributed by atoms with Crippen LogP contribution in [0.2, 0.25) is 0 Å². The Kier molecular flexibility index (Phi) is 5.87. The SMILES string of the molecule is c1ccc(NC(=NCc2ccc(N3CCCC3)nc2)N2CCCCC2)cc1. The monoisotopic (exact) mass is 363 g/mol. The number of benzene rings is 1. The van der Waals surface area contributed by atoms with Crippen LogP contribution in [0.1, 0.15) is 37.7 Å². The number of pyridine rings is 1. The second-order valence-electron chi connectivity index (χ2n) is 7.40. The lowest BCUT2D eigenvalue weighted by Gasteiger charge is -2.30. The van der Waals surface area contributed by atoms with E-state index in [1.165, 1.54) is 32.1 Å². The number of hydrogen-bond donors (Lipinski definition) is 1. The van der Waals surface area contributed by atoms with Crippen molar-refractivity contribution in [3.05, 3.63) is 54.2 Å². The third-order valence-corrected chi connectivity index (χ3v) is 5.34. The quantitative estimate of drug-likeness (QED) is 0.655. The molecule has 0 radical (unpaired) electrons. The number of guanidine groups is 1. The number of nitrogens with one attached hydrogen (secondary N) is 1. The van der Waals surface area contributed by atoms with Gasteiger partial charge in [-0.2, -0.15) is 0 Å². The Labute approximate surface area is 162 Å². The van der Waals surface area contributed by atoms with Crippen LogP contribution < -0.4 is 10.2 Å². The molecule has 3 heterocycles. The summed E-state index contributed by atoms with van der Waals surface area (Å²) in [6.07, 6.45) is 8.32. The molecule has 2 aliphatic heterocycles. The molecule has 0 aliphatic carbocycles. The van der Waals surface area contributed by atoms with Crippen molar-refractivity contribution in [3.8, 4) is 0 Å². The van der Waals surface area contributed by atoms with Gasteiger partial charge in [-0.05, 0) is 55.9 Å². The first-order chi connectivity index (χ1) is 13.4. The summed E-state index contributed by atoms with van der Waals surface area (Å²) in [6.45, 7) is 5.06. The van der Waals surface area contributed by atoms with E-state index >= 15 is 0 Å². The molecule has 0 atom stereocenters. The van der Waals surface area contributed by atoms with Gasteiger partial charge < -0.3 is 15.1 Å². The lowest BCUT2D eigenvalue weighted by molar-refractivity contribution is 0.340. The average Bonchev–Trinajstić information content (AvgIpc) is 3.28. The summed E-state index contributed by atoms with van der Waals surface area (Å²) in [5.74, 6) is 2.07. The summed E-state index contributed by atoms with van der Waals surface area (Å²) in [4.78, 5) is 14.3. The molecule has 0 unspecified atom stereocenters. The lowest BCUT2D eigenvalue weighted by Crippen LogP contribution is -2.40. The molecular weight excluding hydrogens is 334 g/mol. The van der Waals surface area contributed by atoms with E-state index in [1.807, 2.05) is 12.3 Å². The zero-order chi connectivity index (χ0) is 18.3. The molecule has 5 heteroatoms. The Morgan fingerprint density at radius 1 is 0.889 bits per heavy atom. The third-order valence-electron chi connectivity index (χ3n) is 5.34. The van der Waals surface area contributed by atoms with Crippen LogP contribution in [0.3, 0.4) is 0 Å². The highest BCUT2D eigenvalue weighted by Crippen LogP contribution is 2.18. The summed E-state index contributed by atoms with van der Waals surface area (Å²) >= 11 is 0. The smallest absolute Gasteiger partial charge is 0.198 e. The second-order valence-corrected chi connectivity index (χ2v) is 7.40. The Hall–Kier alpha value is -2.56. The lowest BCUT2D eigenvalue weighted by atomic mass is 10.1. The highest BCUT2D eigenvalue weighted by Gasteiger charge is 2.16. The van der Waals surface area contributed by atoms with E-state index < -0.39 is 0 Å². The normalized spacial score (nSPS) is 18.0. The minimum Gasteiger partial charge on any atom is -0.357 e. The highest BCUT2D eigenvalue weighted by atomic mass is 15.3. The molecule has 1 aromatic carbocycles. The summed E-state index contributed by atoms with van der Waals surface area (Å²) in [7, 11) is 0. The van der Waals surface area contributed by atoms with Crippen LogP contribution in [-0.2, 0) is 6.54 Å². The van der Waals surface area contributed by atoms with E-state index in [1.54, 1.807) is 0 Å². The molecule has 27 heavy (non-hydrogen) atoms. The molecule has 142 valence electrons. The van der Waals surface area contributed by atoms with Gasteiger partial charge in [0.25, 0.3) is 0 Å². The summed E-state index contributed by atoms with van der Waals surface area (Å²) < 4.78 is 0. The Morgan fingerprint density at radius 2 is 1.63 bits per heavy atom. The molecule has 0 bridgehead atoms. The van der Waals surface area contributed by atoms with Gasteiger partial charge in [-0.1, -0.05) is 24.3 Å². The zero-order valence-corrected chi connectivity index (χ0v) is 16.0. The van der Waals surface area contributed by atoms with Gasteiger partial charge in [0, 0.05) is 38.1 Å². The van der Waals surface area contributed by atoms with Crippen LogP contribution in [0.4, 0.5) is 11.5 Å². The Bertz CT molecular complexity index is 729. The summed E-state index contributed by atoms with van der Waals surface area (Å²) in [6, 6.07) is 14.6. The van der Waals surface area contributed by atoms with Crippen molar-refractivity contribution in [2.75, 3.05) is 36.4 Å². The summed E-state index contributed by atoms with van der Waals surface area (Å²) in [5, 5.41) is 3.52. The van der Waals surface area contributed by atoms with Crippen LogP contribution in [-0.4, -0.2) is 42.0 Å². The molecule has 1 aromatic heterocycles. The molecule has 2 aromatic rings. The molecule has 2 saturated heterocycles. The van der Waals surface area contributed by atoms with E-state index in [-0.39, 0.29) is 0 Å². The zero-order valence-electron chi connectivity index (χ0n) is 16.0. The maximum Gasteiger partial charge on any atom is 0.198 e. The van der Waals surface area contributed by atoms with Gasteiger partial charge in [0.15, 0.2) is 5.96 Å². The number of hydrogen-bond acceptors (Lipinski definition) is 3. The van der Waals surface area contributed by atoms with Crippen LogP contribution in [0.25, 0.3) is 0 Å². The molecule has 2 aliphatic rings. The summed E-state index contributed by atoms with van der Waals surface area (Å²) in [5.41, 5.74) is 2.24. The van der Waals surface area contributed by atoms with E-state index in [0.717, 1.165) is 49.2 Å². The van der Waals surface area contributed by atoms with Crippen molar-refractivity contribution in [2.45, 2.75) is 38.6 Å². The first-order valence-corrected chi connectivity index (χ1v) is 10.2. The number of rotatable bonds is 4. The predicted octanol–water partition coefficient (Wildman–Crippen LogP) is 4.14. The van der Waals surface area contributed by atoms with E-state index in [2.05, 4.69) is 56.5 Å². The Balaban J connectivity index is 1.46. The highest BCUT2D eigenvalue weighted by molar-refractivity contribution is 5.93. The fraction of sp³-hybridized carbons (Fsp3) is 0.455. The molecule has 0 amide bonds. The minimum absolute atomic E-state index is 0.652. The molecular formula is C22H29N5. The predicted molar refractivity (Wildman–Crippen MR) is 112 cm³/mol. The van der Waals surface area contributed by atoms with Gasteiger partial charge in [0.1, 0.15) is 5.82 Å². The Morgan fingerprint density at radius 3 is 2.33 bits per heavy atom. The topological polar surface area (TPSA) is 43.8 Å². The number of aliphatic imine (C=N–C) groups is 1. The van der Waals surface area contributed by atoms with E-state index in [9.17, 15) is 0 Å². The van der Waals surface area contributed by atoms with Crippen molar-refractivity contribution >= 4 is 17.5 Å². The van der Waals surface area contributed by atoms with Crippen LogP contribution >= 0.6 is 0 Å². The second kappa shape index (κ2) is 8.89. The molecule has 0 saturated carbocycles. The molecule has 2 fully saturated rings. The minimum atomic E-state index is 0.652. The van der Waals surface area contributed by atoms with E-state index in [4.69, 9.17) is 4.99 Å². The van der Waals surface area contributed by atoms with Gasteiger partial charge in [0.05, 0.1) is 6.54 Å². The fourth-order valence-electron chi connectivity index (χ4n) is 3.78. The largest absolute Gasteiger partial charge is 0.357 e. The first kappa shape index (κ1) is 17.8. The van der Waals surface area contributed by atoms with Crippen molar-refractivity contribution in [2.24, 2.45) is 4.99 Å². The average molecular weight is 364 g/mol. The first-order valence-electron chi connectivity index (χ1n) is 10.2. The van der Waals surface area contributed by atoms with Crippen LogP contribution in [0.15, 0.2) is 53.7 Å². The van der Waals surface area contributed by atoms with Crippen LogP contribution in [0.5, 0.6) is 0 Å². The van der Waals surface area contributed by atoms with Crippen molar-refractivity contribution in [3.63, 3.8) is 0 Å². The van der Waals surface area contributed by atoms with E-state index in [0.29, 0.717) is 6.54 Å². The third kappa shape index (κ3) is 4.79. The van der Waals surface area contributed by atoms with Crippen molar-refractivity contribution < 1.29 is 0 Å². The van der Waals surface area contributed by atoms with Crippen molar-refractivity contribution in [1.82, 2.24) is 9.88 Å². The number of nitrogens with zero attached hydrogens (tertiary/aromatic N) is 4. The maximum atomic E-state index is 4.92. The fourth-order valence-corrected chi connectivity index (χ4v) is 3.78. The maximum absolute atomic E-state index is 4.92. The number of anilines is 2. The molecule has 1 N–H and O–H groups in total. The van der Waals surface area contributed by atoms with Gasteiger partial charge in [0.2, 0.25) is 0 Å². The molecule has 0 spiro atoms. The number of piperidine rings is 1. The van der Waals surface area contributed by atoms with Gasteiger partial charge in [-0.25, -0.2) is 9.98 Å². The van der Waals surface area contributed by atoms with Gasteiger partial charge in [-0.3, -0.25) is 0 Å². The number of aromatic nitrogens is 1. The standard InChI is InChI=1S/C22H29N5/c1-3-9-20(10-4-1)25-22(27-15-5-2-6-16-27)24-18-19-11-12-21(23-17-19)26-13-7-8-14-26/h1,3-4,9-12,17H,2,5-8,13-16,18H2,(H,24,25). The number of likely N-dealkylation sites (tertiary alicyclic amines) is 1.